The van der Waals surface area contributed by atoms with Crippen LogP contribution in [0.25, 0.3) is 0 Å². The number of unbranched alkanes of at least 4 members (excludes halogenated alkanes) is 1. The average Bonchev–Trinajstić information content (AvgIpc) is 2.50. The molecule has 2 N–H and O–H groups in total. The molecular weight excluding hydrogens is 276 g/mol. The largest absolute Gasteiger partial charge is 0.348 e. The van der Waals surface area contributed by atoms with Gasteiger partial charge in [-0.1, -0.05) is 45.2 Å². The molecule has 0 heterocycles. The zero-order valence-electron chi connectivity index (χ0n) is 14.2. The summed E-state index contributed by atoms with van der Waals surface area (Å²) in [5.74, 6) is -0.715. The molecule has 0 aliphatic carbocycles. The first-order valence-electron chi connectivity index (χ1n) is 8.14. The van der Waals surface area contributed by atoms with E-state index in [1.54, 1.807) is 0 Å². The van der Waals surface area contributed by atoms with Crippen molar-refractivity contribution in [3.05, 3.63) is 29.3 Å². The van der Waals surface area contributed by atoms with Crippen molar-refractivity contribution in [2.45, 2.75) is 53.4 Å². The Balaban J connectivity index is 2.51. The Hall–Kier alpha value is -1.84. The maximum absolute atomic E-state index is 12.0. The third kappa shape index (κ3) is 5.88. The maximum atomic E-state index is 12.0. The summed E-state index contributed by atoms with van der Waals surface area (Å²) in [6.45, 7) is 8.70. The molecule has 2 amide bonds. The van der Waals surface area contributed by atoms with Crippen LogP contribution in [0.4, 0.5) is 5.69 Å². The fourth-order valence-corrected chi connectivity index (χ4v) is 2.31. The van der Waals surface area contributed by atoms with E-state index in [9.17, 15) is 9.59 Å². The number of hydrogen-bond acceptors (Lipinski definition) is 2. The summed E-state index contributed by atoms with van der Waals surface area (Å²) < 4.78 is 0. The Kier molecular flexibility index (Phi) is 7.64. The van der Waals surface area contributed by atoms with Crippen LogP contribution >= 0.6 is 0 Å². The van der Waals surface area contributed by atoms with E-state index in [0.717, 1.165) is 36.8 Å². The first-order valence-corrected chi connectivity index (χ1v) is 8.14. The number of carbonyl (C=O) groups excluding carboxylic acids is 2. The Morgan fingerprint density at radius 1 is 1.14 bits per heavy atom. The molecule has 0 radical (unpaired) electrons. The molecule has 4 heteroatoms. The Morgan fingerprint density at radius 2 is 1.86 bits per heavy atom. The fraction of sp³-hybridized carbons (Fsp3) is 0.556. The van der Waals surface area contributed by atoms with Crippen LogP contribution in [0.5, 0.6) is 0 Å². The summed E-state index contributed by atoms with van der Waals surface area (Å²) in [7, 11) is 0. The van der Waals surface area contributed by atoms with E-state index < -0.39 is 11.8 Å². The van der Waals surface area contributed by atoms with Gasteiger partial charge in [0.25, 0.3) is 0 Å². The number of benzene rings is 1. The highest BCUT2D eigenvalue weighted by molar-refractivity contribution is 6.39. The zero-order valence-corrected chi connectivity index (χ0v) is 14.2. The lowest BCUT2D eigenvalue weighted by Crippen LogP contribution is -2.38. The highest BCUT2D eigenvalue weighted by Crippen LogP contribution is 2.16. The lowest BCUT2D eigenvalue weighted by atomic mass is 9.99. The number of anilines is 1. The van der Waals surface area contributed by atoms with E-state index in [-0.39, 0.29) is 0 Å². The summed E-state index contributed by atoms with van der Waals surface area (Å²) >= 11 is 0. The molecule has 0 saturated carbocycles. The summed E-state index contributed by atoms with van der Waals surface area (Å²) in [4.78, 5) is 23.9. The second-order valence-corrected chi connectivity index (χ2v) is 5.90. The molecule has 1 rings (SSSR count). The molecule has 0 aliphatic heterocycles. The lowest BCUT2D eigenvalue weighted by Gasteiger charge is -2.15. The topological polar surface area (TPSA) is 58.2 Å². The van der Waals surface area contributed by atoms with Crippen molar-refractivity contribution in [3.8, 4) is 0 Å². The SMILES string of the molecule is CCCC[C@@H](CC)CNC(=O)C(=O)Nc1cc(C)ccc1C. The van der Waals surface area contributed by atoms with Crippen molar-refractivity contribution in [3.63, 3.8) is 0 Å². The second kappa shape index (κ2) is 9.23. The minimum atomic E-state index is -0.598. The monoisotopic (exact) mass is 304 g/mol. The van der Waals surface area contributed by atoms with Crippen LogP contribution in [0.1, 0.15) is 50.7 Å². The van der Waals surface area contributed by atoms with Crippen LogP contribution in [-0.4, -0.2) is 18.4 Å². The van der Waals surface area contributed by atoms with E-state index in [2.05, 4.69) is 24.5 Å². The highest BCUT2D eigenvalue weighted by Gasteiger charge is 2.16. The molecule has 1 aromatic rings. The number of aryl methyl sites for hydroxylation is 2. The first kappa shape index (κ1) is 18.2. The predicted octanol–water partition coefficient (Wildman–Crippen LogP) is 3.57. The maximum Gasteiger partial charge on any atom is 0.313 e. The first-order chi connectivity index (χ1) is 10.5. The highest BCUT2D eigenvalue weighted by atomic mass is 16.2. The van der Waals surface area contributed by atoms with E-state index in [1.165, 1.54) is 0 Å². The Bertz CT molecular complexity index is 512. The van der Waals surface area contributed by atoms with Gasteiger partial charge in [-0.2, -0.15) is 0 Å². The van der Waals surface area contributed by atoms with E-state index in [0.29, 0.717) is 18.2 Å². The third-order valence-electron chi connectivity index (χ3n) is 3.94. The summed E-state index contributed by atoms with van der Waals surface area (Å²) in [5.41, 5.74) is 2.69. The number of rotatable bonds is 7. The van der Waals surface area contributed by atoms with Crippen LogP contribution in [0, 0.1) is 19.8 Å². The van der Waals surface area contributed by atoms with Crippen LogP contribution in [0.15, 0.2) is 18.2 Å². The predicted molar refractivity (Wildman–Crippen MR) is 90.9 cm³/mol. The Labute approximate surface area is 133 Å². The summed E-state index contributed by atoms with van der Waals surface area (Å²) in [5, 5.41) is 5.43. The number of nitrogens with one attached hydrogen (secondary N) is 2. The molecule has 0 fully saturated rings. The second-order valence-electron chi connectivity index (χ2n) is 5.90. The van der Waals surface area contributed by atoms with Gasteiger partial charge in [-0.05, 0) is 43.4 Å². The van der Waals surface area contributed by atoms with Crippen molar-refractivity contribution >= 4 is 17.5 Å². The zero-order chi connectivity index (χ0) is 16.5. The molecule has 0 aliphatic rings. The van der Waals surface area contributed by atoms with Crippen molar-refractivity contribution in [2.24, 2.45) is 5.92 Å². The quantitative estimate of drug-likeness (QED) is 0.757. The number of amides is 2. The van der Waals surface area contributed by atoms with Gasteiger partial charge in [0.15, 0.2) is 0 Å². The van der Waals surface area contributed by atoms with Crippen molar-refractivity contribution in [1.82, 2.24) is 5.32 Å². The standard InChI is InChI=1S/C18H28N2O2/c1-5-7-8-15(6-2)12-19-17(21)18(22)20-16-11-13(3)9-10-14(16)4/h9-11,15H,5-8,12H2,1-4H3,(H,19,21)(H,20,22)/t15-/m1/s1. The normalized spacial score (nSPS) is 11.8. The van der Waals surface area contributed by atoms with Gasteiger partial charge in [-0.3, -0.25) is 9.59 Å². The summed E-state index contributed by atoms with van der Waals surface area (Å²) in [6, 6.07) is 5.78. The Morgan fingerprint density at radius 3 is 2.50 bits per heavy atom. The average molecular weight is 304 g/mol. The van der Waals surface area contributed by atoms with E-state index in [1.807, 2.05) is 32.0 Å². The van der Waals surface area contributed by atoms with Crippen molar-refractivity contribution in [2.75, 3.05) is 11.9 Å². The van der Waals surface area contributed by atoms with Crippen LogP contribution in [0.2, 0.25) is 0 Å². The smallest absolute Gasteiger partial charge is 0.313 e. The van der Waals surface area contributed by atoms with Gasteiger partial charge in [0.2, 0.25) is 0 Å². The minimum absolute atomic E-state index is 0.442. The van der Waals surface area contributed by atoms with Crippen LogP contribution in [0.3, 0.4) is 0 Å². The lowest BCUT2D eigenvalue weighted by molar-refractivity contribution is -0.136. The van der Waals surface area contributed by atoms with Crippen molar-refractivity contribution < 1.29 is 9.59 Å². The summed E-state index contributed by atoms with van der Waals surface area (Å²) in [6.07, 6.45) is 4.41. The molecule has 0 aromatic heterocycles. The minimum Gasteiger partial charge on any atom is -0.348 e. The van der Waals surface area contributed by atoms with Crippen molar-refractivity contribution in [1.29, 1.82) is 0 Å². The van der Waals surface area contributed by atoms with Gasteiger partial charge < -0.3 is 10.6 Å². The van der Waals surface area contributed by atoms with Crippen LogP contribution in [-0.2, 0) is 9.59 Å². The molecule has 0 unspecified atom stereocenters. The molecule has 22 heavy (non-hydrogen) atoms. The van der Waals surface area contributed by atoms with E-state index in [4.69, 9.17) is 0 Å². The van der Waals surface area contributed by atoms with Gasteiger partial charge in [0.1, 0.15) is 0 Å². The third-order valence-corrected chi connectivity index (χ3v) is 3.94. The molecule has 0 bridgehead atoms. The van der Waals surface area contributed by atoms with Gasteiger partial charge >= 0.3 is 11.8 Å². The number of hydrogen-bond donors (Lipinski definition) is 2. The van der Waals surface area contributed by atoms with E-state index >= 15 is 0 Å². The molecule has 1 aromatic carbocycles. The number of carbonyl (C=O) groups is 2. The van der Waals surface area contributed by atoms with Crippen LogP contribution < -0.4 is 10.6 Å². The van der Waals surface area contributed by atoms with Gasteiger partial charge in [0.05, 0.1) is 0 Å². The van der Waals surface area contributed by atoms with Gasteiger partial charge in [-0.15, -0.1) is 0 Å². The molecule has 4 nitrogen and oxygen atoms in total. The molecule has 0 spiro atoms. The fourth-order valence-electron chi connectivity index (χ4n) is 2.31. The molecule has 122 valence electrons. The molecule has 1 atom stereocenters. The van der Waals surface area contributed by atoms with Gasteiger partial charge in [0, 0.05) is 12.2 Å². The molecule has 0 saturated heterocycles. The van der Waals surface area contributed by atoms with Gasteiger partial charge in [-0.25, -0.2) is 0 Å². The molecular formula is C18H28N2O2.